The summed E-state index contributed by atoms with van der Waals surface area (Å²) < 4.78 is 31.6. The minimum absolute atomic E-state index is 0. The van der Waals surface area contributed by atoms with Gasteiger partial charge in [-0.25, -0.2) is 8.42 Å². The summed E-state index contributed by atoms with van der Waals surface area (Å²) in [6.45, 7) is 2.26. The number of non-ortho nitro benzene ring substituents is 1. The molecule has 13 heteroatoms. The molecule has 154 valence electrons. The molecule has 1 N–H and O–H groups in total. The van der Waals surface area contributed by atoms with Gasteiger partial charge in [-0.1, -0.05) is 11.2 Å². The van der Waals surface area contributed by atoms with Gasteiger partial charge in [-0.05, 0) is 13.1 Å². The Morgan fingerprint density at radius 3 is 2.89 bits per heavy atom. The number of nitro groups is 1. The first kappa shape index (κ1) is 22.2. The fourth-order valence-electron chi connectivity index (χ4n) is 2.77. The Bertz CT molecular complexity index is 937. The molecule has 3 rings (SSSR count). The molecule has 1 aromatic heterocycles. The molecule has 11 nitrogen and oxygen atoms in total. The van der Waals surface area contributed by atoms with E-state index in [2.05, 4.69) is 20.4 Å². The minimum Gasteiger partial charge on any atom is -0.338 e. The highest BCUT2D eigenvalue weighted by molar-refractivity contribution is 7.89. The van der Waals surface area contributed by atoms with Gasteiger partial charge in [-0.3, -0.25) is 15.0 Å². The van der Waals surface area contributed by atoms with Crippen molar-refractivity contribution in [3.63, 3.8) is 0 Å². The van der Waals surface area contributed by atoms with Gasteiger partial charge in [0.2, 0.25) is 15.9 Å². The maximum absolute atomic E-state index is 12.7. The number of rotatable bonds is 6. The largest absolute Gasteiger partial charge is 0.338 e. The van der Waals surface area contributed by atoms with E-state index in [-0.39, 0.29) is 41.5 Å². The van der Waals surface area contributed by atoms with E-state index in [0.717, 1.165) is 23.5 Å². The maximum atomic E-state index is 12.7. The van der Waals surface area contributed by atoms with Crippen LogP contribution < -0.4 is 5.32 Å². The number of hydrogen-bond acceptors (Lipinski definition) is 9. The summed E-state index contributed by atoms with van der Waals surface area (Å²) in [6, 6.07) is 4.84. The van der Waals surface area contributed by atoms with Crippen molar-refractivity contribution < 1.29 is 17.9 Å². The van der Waals surface area contributed by atoms with Crippen LogP contribution >= 0.6 is 12.4 Å². The number of benzene rings is 1. The van der Waals surface area contributed by atoms with Crippen LogP contribution in [-0.4, -0.2) is 66.4 Å². The van der Waals surface area contributed by atoms with Crippen molar-refractivity contribution in [2.75, 3.05) is 33.7 Å². The van der Waals surface area contributed by atoms with E-state index < -0.39 is 14.9 Å². The van der Waals surface area contributed by atoms with Crippen LogP contribution in [0.1, 0.15) is 17.8 Å². The van der Waals surface area contributed by atoms with E-state index in [1.165, 1.54) is 25.2 Å². The number of aromatic nitrogens is 2. The lowest BCUT2D eigenvalue weighted by Gasteiger charge is -2.30. The first-order chi connectivity index (χ1) is 12.8. The van der Waals surface area contributed by atoms with Crippen molar-refractivity contribution in [1.82, 2.24) is 24.7 Å². The second-order valence-electron chi connectivity index (χ2n) is 6.26. The van der Waals surface area contributed by atoms with E-state index in [1.54, 1.807) is 0 Å². The normalized spacial score (nSPS) is 18.0. The van der Waals surface area contributed by atoms with Crippen molar-refractivity contribution in [1.29, 1.82) is 0 Å². The number of nitrogens with one attached hydrogen (secondary N) is 1. The van der Waals surface area contributed by atoms with E-state index in [9.17, 15) is 18.5 Å². The van der Waals surface area contributed by atoms with Gasteiger partial charge in [0.1, 0.15) is 0 Å². The Labute approximate surface area is 168 Å². The number of halogens is 1. The standard InChI is InChI=1S/C15H20N6O5S.ClH/c1-19-7-6-16-9-13(19)15-17-14(26-18-15)10-20(2)27(24,25)12-5-3-4-11(8-12)21(22)23;/h3-5,8,13,16H,6-7,9-10H2,1-2H3;1H. The zero-order chi connectivity index (χ0) is 19.6. The Morgan fingerprint density at radius 1 is 1.46 bits per heavy atom. The highest BCUT2D eigenvalue weighted by Gasteiger charge is 2.28. The number of sulfonamides is 1. The van der Waals surface area contributed by atoms with Gasteiger partial charge in [-0.15, -0.1) is 12.4 Å². The molecule has 0 aliphatic carbocycles. The van der Waals surface area contributed by atoms with Crippen molar-refractivity contribution in [2.24, 2.45) is 0 Å². The van der Waals surface area contributed by atoms with Crippen LogP contribution in [0.3, 0.4) is 0 Å². The molecule has 0 bridgehead atoms. The molecule has 1 unspecified atom stereocenters. The van der Waals surface area contributed by atoms with Gasteiger partial charge >= 0.3 is 0 Å². The summed E-state index contributed by atoms with van der Waals surface area (Å²) in [5, 5.41) is 18.1. The molecule has 1 aliphatic heterocycles. The van der Waals surface area contributed by atoms with Gasteiger partial charge in [0.05, 0.1) is 22.4 Å². The van der Waals surface area contributed by atoms with Crippen LogP contribution in [0.2, 0.25) is 0 Å². The Hall–Kier alpha value is -2.12. The smallest absolute Gasteiger partial charge is 0.270 e. The highest BCUT2D eigenvalue weighted by Crippen LogP contribution is 2.22. The molecule has 1 saturated heterocycles. The molecule has 0 amide bonds. The van der Waals surface area contributed by atoms with Crippen molar-refractivity contribution in [2.45, 2.75) is 17.5 Å². The molecule has 0 radical (unpaired) electrons. The lowest BCUT2D eigenvalue weighted by molar-refractivity contribution is -0.385. The molecule has 1 atom stereocenters. The topological polar surface area (TPSA) is 135 Å². The summed E-state index contributed by atoms with van der Waals surface area (Å²) in [5.74, 6) is 0.640. The monoisotopic (exact) mass is 432 g/mol. The molecule has 0 spiro atoms. The number of piperazine rings is 1. The second kappa shape index (κ2) is 8.92. The first-order valence-electron chi connectivity index (χ1n) is 8.23. The van der Waals surface area contributed by atoms with Gasteiger partial charge < -0.3 is 9.84 Å². The van der Waals surface area contributed by atoms with Crippen LogP contribution in [0.5, 0.6) is 0 Å². The SMILES string of the molecule is CN1CCNCC1c1noc(CN(C)S(=O)(=O)c2cccc([N+](=O)[O-])c2)n1.Cl. The van der Waals surface area contributed by atoms with E-state index in [4.69, 9.17) is 4.52 Å². The third-order valence-corrected chi connectivity index (χ3v) is 6.19. The van der Waals surface area contributed by atoms with Crippen LogP contribution in [-0.2, 0) is 16.6 Å². The summed E-state index contributed by atoms with van der Waals surface area (Å²) >= 11 is 0. The number of likely N-dealkylation sites (N-methyl/N-ethyl adjacent to an activating group) is 1. The number of hydrogen-bond donors (Lipinski definition) is 1. The van der Waals surface area contributed by atoms with Crippen molar-refractivity contribution in [3.05, 3.63) is 46.1 Å². The molecule has 28 heavy (non-hydrogen) atoms. The lowest BCUT2D eigenvalue weighted by atomic mass is 10.2. The molecular weight excluding hydrogens is 412 g/mol. The molecule has 1 aliphatic rings. The lowest BCUT2D eigenvalue weighted by Crippen LogP contribution is -2.44. The average molecular weight is 433 g/mol. The fourth-order valence-corrected chi connectivity index (χ4v) is 3.94. The molecule has 1 fully saturated rings. The van der Waals surface area contributed by atoms with Gasteiger partial charge in [0.25, 0.3) is 5.69 Å². The molecule has 0 saturated carbocycles. The maximum Gasteiger partial charge on any atom is 0.270 e. The molecule has 1 aromatic carbocycles. The summed E-state index contributed by atoms with van der Waals surface area (Å²) in [6.07, 6.45) is 0. The molecule has 2 aromatic rings. The van der Waals surface area contributed by atoms with E-state index in [1.807, 2.05) is 7.05 Å². The van der Waals surface area contributed by atoms with E-state index >= 15 is 0 Å². The van der Waals surface area contributed by atoms with Crippen LogP contribution in [0, 0.1) is 10.1 Å². The highest BCUT2D eigenvalue weighted by atomic mass is 35.5. The van der Waals surface area contributed by atoms with Gasteiger partial charge in [0, 0.05) is 38.8 Å². The predicted molar refractivity (Wildman–Crippen MR) is 102 cm³/mol. The average Bonchev–Trinajstić information content (AvgIpc) is 3.10. The second-order valence-corrected chi connectivity index (χ2v) is 8.31. The molecular formula is C15H21ClN6O5S. The van der Waals surface area contributed by atoms with Crippen LogP contribution in [0.25, 0.3) is 0 Å². The Balaban J connectivity index is 0.00000280. The predicted octanol–water partition coefficient (Wildman–Crippen LogP) is 0.796. The quantitative estimate of drug-likeness (QED) is 0.519. The van der Waals surface area contributed by atoms with Crippen molar-refractivity contribution in [3.8, 4) is 0 Å². The zero-order valence-electron chi connectivity index (χ0n) is 15.3. The first-order valence-corrected chi connectivity index (χ1v) is 9.67. The summed E-state index contributed by atoms with van der Waals surface area (Å²) in [4.78, 5) is 16.5. The van der Waals surface area contributed by atoms with Gasteiger partial charge in [0.15, 0.2) is 5.82 Å². The Morgan fingerprint density at radius 2 is 2.21 bits per heavy atom. The van der Waals surface area contributed by atoms with Crippen molar-refractivity contribution >= 4 is 28.1 Å². The summed E-state index contributed by atoms with van der Waals surface area (Å²) in [5.41, 5.74) is -0.294. The van der Waals surface area contributed by atoms with E-state index in [0.29, 0.717) is 12.4 Å². The summed E-state index contributed by atoms with van der Waals surface area (Å²) in [7, 11) is -0.629. The number of nitrogens with zero attached hydrogens (tertiary/aromatic N) is 5. The fraction of sp³-hybridized carbons (Fsp3) is 0.467. The third kappa shape index (κ3) is 4.64. The Kier molecular flexibility index (Phi) is 7.06. The van der Waals surface area contributed by atoms with Gasteiger partial charge in [-0.2, -0.15) is 9.29 Å². The third-order valence-electron chi connectivity index (χ3n) is 4.39. The number of nitro benzene ring substituents is 1. The minimum atomic E-state index is -3.94. The zero-order valence-corrected chi connectivity index (χ0v) is 16.9. The molecule has 2 heterocycles. The van der Waals surface area contributed by atoms with Crippen LogP contribution in [0.4, 0.5) is 5.69 Å². The van der Waals surface area contributed by atoms with Crippen LogP contribution in [0.15, 0.2) is 33.7 Å².